The number of amides is 1. The molecule has 3 aromatic rings. The number of rotatable bonds is 4. The highest BCUT2D eigenvalue weighted by atomic mass is 79.9. The van der Waals surface area contributed by atoms with Crippen molar-refractivity contribution < 1.29 is 9.18 Å². The van der Waals surface area contributed by atoms with Gasteiger partial charge >= 0.3 is 0 Å². The minimum atomic E-state index is -0.390. The molecule has 0 aliphatic carbocycles. The Morgan fingerprint density at radius 2 is 2.14 bits per heavy atom. The molecule has 112 valence electrons. The van der Waals surface area contributed by atoms with E-state index in [1.165, 1.54) is 18.2 Å². The zero-order valence-electron chi connectivity index (χ0n) is 11.5. The maximum atomic E-state index is 13.0. The van der Waals surface area contributed by atoms with Crippen molar-refractivity contribution in [1.82, 2.24) is 19.9 Å². The molecule has 1 N–H and O–H groups in total. The average Bonchev–Trinajstić information content (AvgIpc) is 2.90. The zero-order chi connectivity index (χ0) is 15.5. The molecule has 0 unspecified atom stereocenters. The number of fused-ring (bicyclic) bond motifs is 1. The molecule has 0 bridgehead atoms. The van der Waals surface area contributed by atoms with Crippen LogP contribution in [0, 0.1) is 5.82 Å². The van der Waals surface area contributed by atoms with Gasteiger partial charge in [-0.25, -0.2) is 4.39 Å². The summed E-state index contributed by atoms with van der Waals surface area (Å²) in [6.07, 6.45) is 2.43. The number of carbonyl (C=O) groups excluding carboxylic acids is 1. The first-order chi connectivity index (χ1) is 10.6. The molecule has 0 aliphatic rings. The third-order valence-corrected chi connectivity index (χ3v) is 3.85. The van der Waals surface area contributed by atoms with Gasteiger partial charge in [0.1, 0.15) is 11.6 Å². The van der Waals surface area contributed by atoms with Gasteiger partial charge < -0.3 is 5.32 Å². The number of hydrogen-bond donors (Lipinski definition) is 1. The first kappa shape index (κ1) is 14.6. The first-order valence-electron chi connectivity index (χ1n) is 6.67. The van der Waals surface area contributed by atoms with Crippen LogP contribution in [0.2, 0.25) is 0 Å². The molecule has 5 nitrogen and oxygen atoms in total. The van der Waals surface area contributed by atoms with Crippen molar-refractivity contribution in [2.24, 2.45) is 0 Å². The van der Waals surface area contributed by atoms with Crippen molar-refractivity contribution in [2.75, 3.05) is 6.54 Å². The SMILES string of the molecule is O=C(NCCc1nnc2ccccn12)c1ccc(F)cc1Br. The molecule has 22 heavy (non-hydrogen) atoms. The van der Waals surface area contributed by atoms with Crippen LogP contribution in [0.5, 0.6) is 0 Å². The summed E-state index contributed by atoms with van der Waals surface area (Å²) in [7, 11) is 0. The minimum Gasteiger partial charge on any atom is -0.352 e. The van der Waals surface area contributed by atoms with Gasteiger partial charge in [0.05, 0.1) is 5.56 Å². The Kier molecular flexibility index (Phi) is 4.15. The summed E-state index contributed by atoms with van der Waals surface area (Å²) in [6, 6.07) is 9.62. The van der Waals surface area contributed by atoms with Gasteiger partial charge in [0.15, 0.2) is 5.65 Å². The van der Waals surface area contributed by atoms with Gasteiger partial charge in [0, 0.05) is 23.6 Å². The highest BCUT2D eigenvalue weighted by molar-refractivity contribution is 9.10. The Morgan fingerprint density at radius 3 is 2.95 bits per heavy atom. The Morgan fingerprint density at radius 1 is 1.27 bits per heavy atom. The predicted molar refractivity (Wildman–Crippen MR) is 83.1 cm³/mol. The van der Waals surface area contributed by atoms with E-state index in [2.05, 4.69) is 31.4 Å². The zero-order valence-corrected chi connectivity index (χ0v) is 13.0. The molecule has 7 heteroatoms. The smallest absolute Gasteiger partial charge is 0.252 e. The minimum absolute atomic E-state index is 0.263. The maximum Gasteiger partial charge on any atom is 0.252 e. The Bertz CT molecular complexity index is 833. The molecule has 0 saturated heterocycles. The van der Waals surface area contributed by atoms with Gasteiger partial charge in [0.25, 0.3) is 5.91 Å². The summed E-state index contributed by atoms with van der Waals surface area (Å²) < 4.78 is 15.3. The van der Waals surface area contributed by atoms with Crippen molar-refractivity contribution in [1.29, 1.82) is 0 Å². The number of aromatic nitrogens is 3. The largest absolute Gasteiger partial charge is 0.352 e. The molecule has 0 atom stereocenters. The Labute approximate surface area is 134 Å². The Hall–Kier alpha value is -2.28. The van der Waals surface area contributed by atoms with Crippen LogP contribution in [0.4, 0.5) is 4.39 Å². The molecule has 0 aliphatic heterocycles. The molecule has 1 amide bonds. The molecule has 0 spiro atoms. The van der Waals surface area contributed by atoms with Crippen molar-refractivity contribution >= 4 is 27.5 Å². The number of nitrogens with zero attached hydrogens (tertiary/aromatic N) is 3. The molecule has 0 fully saturated rings. The lowest BCUT2D eigenvalue weighted by Crippen LogP contribution is -2.26. The molecular weight excluding hydrogens is 351 g/mol. The van der Waals surface area contributed by atoms with E-state index in [0.29, 0.717) is 23.0 Å². The molecule has 3 rings (SSSR count). The van der Waals surface area contributed by atoms with Crippen molar-refractivity contribution in [2.45, 2.75) is 6.42 Å². The number of pyridine rings is 1. The van der Waals surface area contributed by atoms with Gasteiger partial charge in [-0.3, -0.25) is 9.20 Å². The second-order valence-corrected chi connectivity index (χ2v) is 5.53. The topological polar surface area (TPSA) is 59.3 Å². The predicted octanol–water partition coefficient (Wildman–Crippen LogP) is 2.60. The van der Waals surface area contributed by atoms with Gasteiger partial charge in [-0.05, 0) is 46.3 Å². The summed E-state index contributed by atoms with van der Waals surface area (Å²) in [5.74, 6) is 0.119. The molecule has 2 aromatic heterocycles. The highest BCUT2D eigenvalue weighted by Gasteiger charge is 2.11. The number of hydrogen-bond acceptors (Lipinski definition) is 3. The molecule has 0 radical (unpaired) electrons. The summed E-state index contributed by atoms with van der Waals surface area (Å²) in [4.78, 5) is 12.1. The molecule has 2 heterocycles. The molecule has 1 aromatic carbocycles. The second-order valence-electron chi connectivity index (χ2n) is 4.68. The fourth-order valence-electron chi connectivity index (χ4n) is 2.12. The Balaban J connectivity index is 1.64. The van der Waals surface area contributed by atoms with E-state index >= 15 is 0 Å². The monoisotopic (exact) mass is 362 g/mol. The maximum absolute atomic E-state index is 13.0. The molecule has 0 saturated carbocycles. The summed E-state index contributed by atoms with van der Waals surface area (Å²) in [5, 5.41) is 10.9. The standard InChI is InChI=1S/C15H12BrFN4O/c16-12-9-10(17)4-5-11(12)15(22)18-7-6-14-20-19-13-3-1-2-8-21(13)14/h1-5,8-9H,6-7H2,(H,18,22). The van der Waals surface area contributed by atoms with E-state index in [9.17, 15) is 9.18 Å². The van der Waals surface area contributed by atoms with Crippen molar-refractivity contribution in [3.8, 4) is 0 Å². The summed E-state index contributed by atoms with van der Waals surface area (Å²) in [5.41, 5.74) is 1.16. The van der Waals surface area contributed by atoms with Crippen LogP contribution in [0.25, 0.3) is 5.65 Å². The summed E-state index contributed by atoms with van der Waals surface area (Å²) >= 11 is 3.18. The number of nitrogens with one attached hydrogen (secondary N) is 1. The third-order valence-electron chi connectivity index (χ3n) is 3.19. The van der Waals surface area contributed by atoms with Gasteiger partial charge in [-0.1, -0.05) is 6.07 Å². The number of halogens is 2. The fourth-order valence-corrected chi connectivity index (χ4v) is 2.65. The first-order valence-corrected chi connectivity index (χ1v) is 7.46. The van der Waals surface area contributed by atoms with Crippen LogP contribution < -0.4 is 5.32 Å². The molecular formula is C15H12BrFN4O. The van der Waals surface area contributed by atoms with E-state index in [1.807, 2.05) is 28.8 Å². The summed E-state index contributed by atoms with van der Waals surface area (Å²) in [6.45, 7) is 0.415. The second kappa shape index (κ2) is 6.23. The third kappa shape index (κ3) is 2.99. The van der Waals surface area contributed by atoms with Crippen molar-refractivity contribution in [3.05, 3.63) is 64.3 Å². The van der Waals surface area contributed by atoms with E-state index in [4.69, 9.17) is 0 Å². The average molecular weight is 363 g/mol. The number of benzene rings is 1. The van der Waals surface area contributed by atoms with Gasteiger partial charge in [-0.15, -0.1) is 10.2 Å². The van der Waals surface area contributed by atoms with Crippen LogP contribution in [0.3, 0.4) is 0 Å². The van der Waals surface area contributed by atoms with E-state index in [-0.39, 0.29) is 5.91 Å². The lowest BCUT2D eigenvalue weighted by molar-refractivity contribution is 0.0953. The quantitative estimate of drug-likeness (QED) is 0.775. The van der Waals surface area contributed by atoms with E-state index in [1.54, 1.807) is 0 Å². The van der Waals surface area contributed by atoms with Crippen LogP contribution in [0.1, 0.15) is 16.2 Å². The normalized spacial score (nSPS) is 10.8. The van der Waals surface area contributed by atoms with E-state index < -0.39 is 5.82 Å². The van der Waals surface area contributed by atoms with Crippen LogP contribution in [-0.4, -0.2) is 27.0 Å². The lowest BCUT2D eigenvalue weighted by Gasteiger charge is -2.06. The van der Waals surface area contributed by atoms with Crippen LogP contribution in [-0.2, 0) is 6.42 Å². The van der Waals surface area contributed by atoms with Crippen LogP contribution in [0.15, 0.2) is 47.1 Å². The van der Waals surface area contributed by atoms with Gasteiger partial charge in [0.2, 0.25) is 0 Å². The van der Waals surface area contributed by atoms with Crippen molar-refractivity contribution in [3.63, 3.8) is 0 Å². The van der Waals surface area contributed by atoms with Gasteiger partial charge in [-0.2, -0.15) is 0 Å². The lowest BCUT2D eigenvalue weighted by atomic mass is 10.2. The van der Waals surface area contributed by atoms with E-state index in [0.717, 1.165) is 11.5 Å². The fraction of sp³-hybridized carbons (Fsp3) is 0.133. The number of carbonyl (C=O) groups is 1. The highest BCUT2D eigenvalue weighted by Crippen LogP contribution is 2.17. The van der Waals surface area contributed by atoms with Crippen LogP contribution >= 0.6 is 15.9 Å².